The molecule has 0 atom stereocenters. The van der Waals surface area contributed by atoms with Gasteiger partial charge in [-0.25, -0.2) is 0 Å². The van der Waals surface area contributed by atoms with Crippen molar-refractivity contribution >= 4 is 29.1 Å². The van der Waals surface area contributed by atoms with Crippen molar-refractivity contribution in [2.24, 2.45) is 0 Å². The molecule has 0 saturated carbocycles. The molecule has 0 radical (unpaired) electrons. The Morgan fingerprint density at radius 2 is 1.85 bits per heavy atom. The van der Waals surface area contributed by atoms with E-state index in [-0.39, 0.29) is 17.6 Å². The van der Waals surface area contributed by atoms with E-state index >= 15 is 0 Å². The first-order chi connectivity index (χ1) is 12.5. The van der Waals surface area contributed by atoms with Crippen LogP contribution in [-0.2, 0) is 6.54 Å². The highest BCUT2D eigenvalue weighted by atomic mass is 35.5. The van der Waals surface area contributed by atoms with Gasteiger partial charge in [-0.2, -0.15) is 0 Å². The van der Waals surface area contributed by atoms with E-state index in [0.717, 1.165) is 5.56 Å². The fourth-order valence-corrected chi connectivity index (χ4v) is 2.71. The molecular weight excluding hydrogens is 352 g/mol. The van der Waals surface area contributed by atoms with Crippen molar-refractivity contribution in [3.63, 3.8) is 0 Å². The Morgan fingerprint density at radius 3 is 2.50 bits per heavy atom. The number of halogens is 1. The van der Waals surface area contributed by atoms with E-state index in [9.17, 15) is 9.59 Å². The molecule has 3 aromatic rings. The third-order valence-corrected chi connectivity index (χ3v) is 4.03. The third kappa shape index (κ3) is 4.32. The van der Waals surface area contributed by atoms with Crippen molar-refractivity contribution in [3.8, 4) is 0 Å². The number of nitrogens with zero attached hydrogens (tertiary/aromatic N) is 1. The zero-order chi connectivity index (χ0) is 18.5. The minimum atomic E-state index is -0.341. The van der Waals surface area contributed by atoms with Gasteiger partial charge in [0, 0.05) is 29.9 Å². The average molecular weight is 369 g/mol. The monoisotopic (exact) mass is 368 g/mol. The number of carbonyl (C=O) groups is 2. The van der Waals surface area contributed by atoms with Crippen molar-refractivity contribution in [2.75, 3.05) is 12.4 Å². The molecule has 0 unspecified atom stereocenters. The molecule has 0 aliphatic carbocycles. The zero-order valence-electron chi connectivity index (χ0n) is 14.1. The number of amides is 2. The summed E-state index contributed by atoms with van der Waals surface area (Å²) in [5.41, 5.74) is 2.07. The topological polar surface area (TPSA) is 62.6 Å². The summed E-state index contributed by atoms with van der Waals surface area (Å²) in [4.78, 5) is 26.1. The normalized spacial score (nSPS) is 10.4. The number of anilines is 1. The van der Waals surface area contributed by atoms with Crippen molar-refractivity contribution < 1.29 is 14.0 Å². The number of rotatable bonds is 5. The molecule has 1 heterocycles. The second-order valence-electron chi connectivity index (χ2n) is 5.80. The fraction of sp³-hybridized carbons (Fsp3) is 0.100. The SMILES string of the molecule is CN(Cc1cccc(Cl)c1)C(=O)c1ccc(NC(=O)c2ccco2)cc1. The quantitative estimate of drug-likeness (QED) is 0.723. The molecule has 1 aromatic heterocycles. The first kappa shape index (κ1) is 17.8. The Balaban J connectivity index is 1.63. The first-order valence-corrected chi connectivity index (χ1v) is 8.35. The maximum atomic E-state index is 12.5. The Kier molecular flexibility index (Phi) is 5.39. The van der Waals surface area contributed by atoms with Crippen LogP contribution in [0.4, 0.5) is 5.69 Å². The van der Waals surface area contributed by atoms with Crippen LogP contribution in [0.1, 0.15) is 26.5 Å². The second-order valence-corrected chi connectivity index (χ2v) is 6.24. The molecule has 0 fully saturated rings. The summed E-state index contributed by atoms with van der Waals surface area (Å²) in [5, 5.41) is 3.35. The highest BCUT2D eigenvalue weighted by Crippen LogP contribution is 2.16. The molecule has 1 N–H and O–H groups in total. The lowest BCUT2D eigenvalue weighted by molar-refractivity contribution is 0.0785. The van der Waals surface area contributed by atoms with Crippen LogP contribution in [0.2, 0.25) is 5.02 Å². The molecule has 0 aliphatic heterocycles. The summed E-state index contributed by atoms with van der Waals surface area (Å²) in [6.07, 6.45) is 1.44. The number of hydrogen-bond donors (Lipinski definition) is 1. The Morgan fingerprint density at radius 1 is 1.08 bits per heavy atom. The van der Waals surface area contributed by atoms with Crippen LogP contribution in [-0.4, -0.2) is 23.8 Å². The van der Waals surface area contributed by atoms with Crippen LogP contribution in [0, 0.1) is 0 Å². The summed E-state index contributed by atoms with van der Waals surface area (Å²) in [6, 6.07) is 17.3. The van der Waals surface area contributed by atoms with Crippen LogP contribution >= 0.6 is 11.6 Å². The summed E-state index contributed by atoms with van der Waals surface area (Å²) < 4.78 is 5.04. The molecule has 0 spiro atoms. The summed E-state index contributed by atoms with van der Waals surface area (Å²) in [5.74, 6) is -0.229. The smallest absolute Gasteiger partial charge is 0.291 e. The van der Waals surface area contributed by atoms with E-state index in [1.165, 1.54) is 6.26 Å². The van der Waals surface area contributed by atoms with Gasteiger partial charge >= 0.3 is 0 Å². The summed E-state index contributed by atoms with van der Waals surface area (Å²) >= 11 is 5.98. The lowest BCUT2D eigenvalue weighted by Crippen LogP contribution is -2.26. The molecule has 2 aromatic carbocycles. The molecule has 0 saturated heterocycles. The lowest BCUT2D eigenvalue weighted by atomic mass is 10.1. The van der Waals surface area contributed by atoms with Gasteiger partial charge in [0.15, 0.2) is 5.76 Å². The van der Waals surface area contributed by atoms with Crippen molar-refractivity contribution in [1.29, 1.82) is 0 Å². The highest BCUT2D eigenvalue weighted by molar-refractivity contribution is 6.30. The maximum absolute atomic E-state index is 12.5. The van der Waals surface area contributed by atoms with Gasteiger partial charge in [0.25, 0.3) is 11.8 Å². The van der Waals surface area contributed by atoms with Gasteiger partial charge in [0.05, 0.1) is 6.26 Å². The Labute approximate surface area is 156 Å². The van der Waals surface area contributed by atoms with Crippen LogP contribution in [0.3, 0.4) is 0 Å². The van der Waals surface area contributed by atoms with Crippen LogP contribution in [0.25, 0.3) is 0 Å². The third-order valence-electron chi connectivity index (χ3n) is 3.79. The van der Waals surface area contributed by atoms with Gasteiger partial charge < -0.3 is 14.6 Å². The molecule has 3 rings (SSSR count). The molecule has 5 nitrogen and oxygen atoms in total. The molecule has 2 amide bonds. The highest BCUT2D eigenvalue weighted by Gasteiger charge is 2.13. The van der Waals surface area contributed by atoms with E-state index < -0.39 is 0 Å². The number of hydrogen-bond acceptors (Lipinski definition) is 3. The van der Waals surface area contributed by atoms with E-state index in [2.05, 4.69) is 5.32 Å². The minimum absolute atomic E-state index is 0.117. The Bertz CT molecular complexity index is 905. The van der Waals surface area contributed by atoms with E-state index in [0.29, 0.717) is 22.8 Å². The molecule has 0 bridgehead atoms. The zero-order valence-corrected chi connectivity index (χ0v) is 14.9. The van der Waals surface area contributed by atoms with Gasteiger partial charge in [-0.05, 0) is 54.1 Å². The minimum Gasteiger partial charge on any atom is -0.459 e. The van der Waals surface area contributed by atoms with Gasteiger partial charge in [-0.15, -0.1) is 0 Å². The average Bonchev–Trinajstić information content (AvgIpc) is 3.16. The van der Waals surface area contributed by atoms with Crippen LogP contribution < -0.4 is 5.32 Å². The first-order valence-electron chi connectivity index (χ1n) is 7.98. The lowest BCUT2D eigenvalue weighted by Gasteiger charge is -2.17. The summed E-state index contributed by atoms with van der Waals surface area (Å²) in [7, 11) is 1.73. The van der Waals surface area contributed by atoms with Crippen LogP contribution in [0.5, 0.6) is 0 Å². The second kappa shape index (κ2) is 7.89. The van der Waals surface area contributed by atoms with Gasteiger partial charge in [-0.3, -0.25) is 9.59 Å². The number of nitrogens with one attached hydrogen (secondary N) is 1. The predicted octanol–water partition coefficient (Wildman–Crippen LogP) is 4.46. The molecule has 132 valence electrons. The van der Waals surface area contributed by atoms with E-state index in [4.69, 9.17) is 16.0 Å². The molecular formula is C20H17ClN2O3. The van der Waals surface area contributed by atoms with Crippen molar-refractivity contribution in [1.82, 2.24) is 4.90 Å². The van der Waals surface area contributed by atoms with Gasteiger partial charge in [0.2, 0.25) is 0 Å². The van der Waals surface area contributed by atoms with Crippen molar-refractivity contribution in [2.45, 2.75) is 6.54 Å². The predicted molar refractivity (Wildman–Crippen MR) is 100 cm³/mol. The van der Waals surface area contributed by atoms with Crippen molar-refractivity contribution in [3.05, 3.63) is 88.8 Å². The number of benzene rings is 2. The Hall–Kier alpha value is -3.05. The van der Waals surface area contributed by atoms with Gasteiger partial charge in [0.1, 0.15) is 0 Å². The molecule has 0 aliphatic rings. The van der Waals surface area contributed by atoms with E-state index in [1.807, 2.05) is 18.2 Å². The largest absolute Gasteiger partial charge is 0.459 e. The number of carbonyl (C=O) groups excluding carboxylic acids is 2. The standard InChI is InChI=1S/C20H17ClN2O3/c1-23(13-14-4-2-5-16(21)12-14)20(25)15-7-9-17(10-8-15)22-19(24)18-6-3-11-26-18/h2-12H,13H2,1H3,(H,22,24). The van der Waals surface area contributed by atoms with E-state index in [1.54, 1.807) is 54.4 Å². The number of furan rings is 1. The van der Waals surface area contributed by atoms with Crippen LogP contribution in [0.15, 0.2) is 71.3 Å². The maximum Gasteiger partial charge on any atom is 0.291 e. The molecule has 26 heavy (non-hydrogen) atoms. The fourth-order valence-electron chi connectivity index (χ4n) is 2.50. The summed E-state index contributed by atoms with van der Waals surface area (Å²) in [6.45, 7) is 0.455. The van der Waals surface area contributed by atoms with Gasteiger partial charge in [-0.1, -0.05) is 23.7 Å². The molecule has 6 heteroatoms.